The maximum atomic E-state index is 11.1. The summed E-state index contributed by atoms with van der Waals surface area (Å²) in [6, 6.07) is 2.50. The van der Waals surface area contributed by atoms with Gasteiger partial charge in [-0.3, -0.25) is 10.1 Å². The van der Waals surface area contributed by atoms with E-state index in [0.717, 1.165) is 6.07 Å². The van der Waals surface area contributed by atoms with E-state index in [9.17, 15) is 18.5 Å². The number of rotatable bonds is 2. The van der Waals surface area contributed by atoms with E-state index in [-0.39, 0.29) is 5.56 Å². The van der Waals surface area contributed by atoms with Crippen LogP contribution in [0, 0.1) is 17.0 Å². The Morgan fingerprint density at radius 1 is 1.47 bits per heavy atom. The second-order valence-electron chi connectivity index (χ2n) is 2.71. The minimum atomic E-state index is -4.11. The quantitative estimate of drug-likeness (QED) is 0.477. The second-order valence-corrected chi connectivity index (χ2v) is 6.10. The summed E-state index contributed by atoms with van der Waals surface area (Å²) in [5.41, 5.74) is -0.277. The third-order valence-corrected chi connectivity index (χ3v) is 3.99. The number of hydrogen-bond acceptors (Lipinski definition) is 4. The maximum absolute atomic E-state index is 11.1. The van der Waals surface area contributed by atoms with Crippen LogP contribution in [-0.2, 0) is 9.05 Å². The van der Waals surface area contributed by atoms with E-state index >= 15 is 0 Å². The van der Waals surface area contributed by atoms with Crippen molar-refractivity contribution in [1.29, 1.82) is 0 Å². The zero-order valence-electron chi connectivity index (χ0n) is 7.40. The van der Waals surface area contributed by atoms with Crippen molar-refractivity contribution in [3.05, 3.63) is 32.3 Å². The van der Waals surface area contributed by atoms with Gasteiger partial charge in [0.05, 0.1) is 4.92 Å². The Hall–Kier alpha value is -0.660. The fourth-order valence-corrected chi connectivity index (χ4v) is 2.46. The van der Waals surface area contributed by atoms with E-state index in [4.69, 9.17) is 10.7 Å². The minimum absolute atomic E-state index is 0.224. The van der Waals surface area contributed by atoms with Crippen molar-refractivity contribution in [2.75, 3.05) is 0 Å². The second kappa shape index (κ2) is 4.07. The summed E-state index contributed by atoms with van der Waals surface area (Å²) in [6.07, 6.45) is 0. The van der Waals surface area contributed by atoms with Crippen molar-refractivity contribution in [2.24, 2.45) is 0 Å². The summed E-state index contributed by atoms with van der Waals surface area (Å²) in [5, 5.41) is 10.7. The Bertz CT molecular complexity index is 528. The van der Waals surface area contributed by atoms with E-state index in [0.29, 0.717) is 4.47 Å². The number of benzene rings is 1. The van der Waals surface area contributed by atoms with Gasteiger partial charge < -0.3 is 0 Å². The highest BCUT2D eigenvalue weighted by Gasteiger charge is 2.27. The van der Waals surface area contributed by atoms with Gasteiger partial charge in [-0.2, -0.15) is 0 Å². The molecular weight excluding hydrogens is 310 g/mol. The monoisotopic (exact) mass is 313 g/mol. The first-order valence-corrected chi connectivity index (χ1v) is 6.73. The fourth-order valence-electron chi connectivity index (χ4n) is 1.07. The Kier molecular flexibility index (Phi) is 3.37. The fraction of sp³-hybridized carbons (Fsp3) is 0.143. The molecule has 0 saturated heterocycles. The number of nitro benzene ring substituents is 1. The van der Waals surface area contributed by atoms with Gasteiger partial charge in [0, 0.05) is 20.7 Å². The van der Waals surface area contributed by atoms with E-state index in [1.165, 1.54) is 13.0 Å². The van der Waals surface area contributed by atoms with Crippen molar-refractivity contribution in [3.63, 3.8) is 0 Å². The van der Waals surface area contributed by atoms with E-state index in [1.54, 1.807) is 0 Å². The predicted molar refractivity (Wildman–Crippen MR) is 58.6 cm³/mol. The highest BCUT2D eigenvalue weighted by Crippen LogP contribution is 2.34. The van der Waals surface area contributed by atoms with Crippen LogP contribution in [0.4, 0.5) is 5.69 Å². The van der Waals surface area contributed by atoms with E-state index in [1.807, 2.05) is 0 Å². The van der Waals surface area contributed by atoms with Gasteiger partial charge in [-0.15, -0.1) is 0 Å². The molecule has 0 heterocycles. The Labute approximate surface area is 98.7 Å². The molecule has 0 unspecified atom stereocenters. The predicted octanol–water partition coefficient (Wildman–Crippen LogP) is 2.59. The maximum Gasteiger partial charge on any atom is 0.293 e. The van der Waals surface area contributed by atoms with Crippen LogP contribution in [0.15, 0.2) is 21.5 Å². The first kappa shape index (κ1) is 12.4. The van der Waals surface area contributed by atoms with Crippen LogP contribution >= 0.6 is 26.6 Å². The summed E-state index contributed by atoms with van der Waals surface area (Å²) in [7, 11) is 0.977. The molecule has 0 aliphatic carbocycles. The normalized spacial score (nSPS) is 11.4. The van der Waals surface area contributed by atoms with Gasteiger partial charge in [-0.25, -0.2) is 8.42 Å². The molecule has 0 aliphatic heterocycles. The first-order chi connectivity index (χ1) is 6.75. The van der Waals surface area contributed by atoms with Crippen molar-refractivity contribution < 1.29 is 13.3 Å². The molecule has 15 heavy (non-hydrogen) atoms. The van der Waals surface area contributed by atoms with Crippen molar-refractivity contribution >= 4 is 41.4 Å². The Balaban J connectivity index is 3.70. The molecule has 82 valence electrons. The lowest BCUT2D eigenvalue weighted by atomic mass is 10.2. The van der Waals surface area contributed by atoms with Crippen LogP contribution in [0.5, 0.6) is 0 Å². The highest BCUT2D eigenvalue weighted by molar-refractivity contribution is 9.10. The zero-order chi connectivity index (χ0) is 11.8. The molecule has 1 aromatic carbocycles. The smallest absolute Gasteiger partial charge is 0.258 e. The molecule has 0 radical (unpaired) electrons. The molecule has 0 spiro atoms. The third kappa shape index (κ3) is 2.47. The third-order valence-electron chi connectivity index (χ3n) is 1.77. The van der Waals surface area contributed by atoms with Gasteiger partial charge in [0.2, 0.25) is 0 Å². The summed E-state index contributed by atoms with van der Waals surface area (Å²) in [6.45, 7) is 1.44. The van der Waals surface area contributed by atoms with Crippen LogP contribution in [0.2, 0.25) is 0 Å². The minimum Gasteiger partial charge on any atom is -0.258 e. The van der Waals surface area contributed by atoms with Crippen molar-refractivity contribution in [1.82, 2.24) is 0 Å². The summed E-state index contributed by atoms with van der Waals surface area (Å²) >= 11 is 3.07. The molecule has 0 bridgehead atoms. The lowest BCUT2D eigenvalue weighted by molar-refractivity contribution is -0.388. The van der Waals surface area contributed by atoms with Crippen LogP contribution < -0.4 is 0 Å². The summed E-state index contributed by atoms with van der Waals surface area (Å²) in [5.74, 6) is 0. The topological polar surface area (TPSA) is 77.3 Å². The number of hydrogen-bond donors (Lipinski definition) is 0. The molecule has 0 aromatic heterocycles. The largest absolute Gasteiger partial charge is 0.293 e. The van der Waals surface area contributed by atoms with Crippen LogP contribution in [0.3, 0.4) is 0 Å². The molecule has 1 rings (SSSR count). The van der Waals surface area contributed by atoms with Crippen LogP contribution in [0.1, 0.15) is 5.56 Å². The average molecular weight is 315 g/mol. The SMILES string of the molecule is Cc1c(Br)ccc(S(=O)(=O)Cl)c1[N+](=O)[O-]. The van der Waals surface area contributed by atoms with Crippen molar-refractivity contribution in [3.8, 4) is 0 Å². The standard InChI is InChI=1S/C7H5BrClNO4S/c1-4-5(8)2-3-6(15(9,13)14)7(4)10(11)12/h2-3H,1H3. The van der Waals surface area contributed by atoms with Crippen LogP contribution in [0.25, 0.3) is 0 Å². The van der Waals surface area contributed by atoms with Gasteiger partial charge in [-0.05, 0) is 19.1 Å². The van der Waals surface area contributed by atoms with Gasteiger partial charge in [-0.1, -0.05) is 15.9 Å². The molecule has 0 saturated carbocycles. The first-order valence-electron chi connectivity index (χ1n) is 3.63. The van der Waals surface area contributed by atoms with E-state index < -0.39 is 24.6 Å². The molecule has 0 N–H and O–H groups in total. The molecule has 0 atom stereocenters. The Morgan fingerprint density at radius 2 is 2.00 bits per heavy atom. The number of nitrogens with zero attached hydrogens (tertiary/aromatic N) is 1. The lowest BCUT2D eigenvalue weighted by Gasteiger charge is -2.03. The number of halogens is 2. The molecular formula is C7H5BrClNO4S. The summed E-state index contributed by atoms with van der Waals surface area (Å²) < 4.78 is 22.6. The Morgan fingerprint density at radius 3 is 2.40 bits per heavy atom. The molecule has 1 aromatic rings. The van der Waals surface area contributed by atoms with Crippen LogP contribution in [-0.4, -0.2) is 13.3 Å². The van der Waals surface area contributed by atoms with Crippen molar-refractivity contribution in [2.45, 2.75) is 11.8 Å². The number of nitro groups is 1. The molecule has 0 fully saturated rings. The van der Waals surface area contributed by atoms with Gasteiger partial charge in [0.15, 0.2) is 4.90 Å². The van der Waals surface area contributed by atoms with Gasteiger partial charge >= 0.3 is 0 Å². The molecule has 0 amide bonds. The lowest BCUT2D eigenvalue weighted by Crippen LogP contribution is -2.01. The van der Waals surface area contributed by atoms with E-state index in [2.05, 4.69) is 15.9 Å². The highest BCUT2D eigenvalue weighted by atomic mass is 79.9. The molecule has 5 nitrogen and oxygen atoms in total. The average Bonchev–Trinajstić information content (AvgIpc) is 2.06. The molecule has 0 aliphatic rings. The summed E-state index contributed by atoms with van der Waals surface area (Å²) in [4.78, 5) is 9.44. The van der Waals surface area contributed by atoms with Gasteiger partial charge in [0.25, 0.3) is 14.7 Å². The zero-order valence-corrected chi connectivity index (χ0v) is 10.6. The molecule has 8 heteroatoms. The van der Waals surface area contributed by atoms with Gasteiger partial charge in [0.1, 0.15) is 0 Å².